The third-order valence-corrected chi connectivity index (χ3v) is 4.21. The van der Waals surface area contributed by atoms with Gasteiger partial charge in [0.05, 0.1) is 12.3 Å². The average molecular weight is 341 g/mol. The van der Waals surface area contributed by atoms with Crippen LogP contribution in [0, 0.1) is 19.8 Å². The summed E-state index contributed by atoms with van der Waals surface area (Å²) in [6, 6.07) is 1.84. The number of rotatable bonds is 2. The van der Waals surface area contributed by atoms with Gasteiger partial charge in [-0.1, -0.05) is 0 Å². The maximum Gasteiger partial charge on any atom is 0.393 e. The van der Waals surface area contributed by atoms with Crippen molar-refractivity contribution >= 4 is 11.7 Å². The molecule has 0 aromatic carbocycles. The average Bonchev–Trinajstić information content (AvgIpc) is 2.89. The molecule has 24 heavy (non-hydrogen) atoms. The van der Waals surface area contributed by atoms with Gasteiger partial charge in [-0.25, -0.2) is 9.50 Å². The molecule has 1 unspecified atom stereocenters. The second kappa shape index (κ2) is 6.03. The van der Waals surface area contributed by atoms with Crippen molar-refractivity contribution in [1.82, 2.24) is 24.5 Å². The van der Waals surface area contributed by atoms with Crippen LogP contribution in [0.5, 0.6) is 0 Å². The Morgan fingerprint density at radius 3 is 2.79 bits per heavy atom. The Labute approximate surface area is 136 Å². The molecule has 0 spiro atoms. The van der Waals surface area contributed by atoms with Gasteiger partial charge in [0.2, 0.25) is 5.91 Å². The number of halogens is 3. The molecule has 1 aliphatic heterocycles. The van der Waals surface area contributed by atoms with Crippen LogP contribution >= 0.6 is 0 Å². The van der Waals surface area contributed by atoms with Crippen LogP contribution in [-0.4, -0.2) is 49.7 Å². The summed E-state index contributed by atoms with van der Waals surface area (Å²) in [6.45, 7) is 3.74. The first-order valence-electron chi connectivity index (χ1n) is 7.78. The summed E-state index contributed by atoms with van der Waals surface area (Å²) in [7, 11) is 0. The monoisotopic (exact) mass is 341 g/mol. The molecule has 3 heterocycles. The molecule has 2 aromatic heterocycles. The van der Waals surface area contributed by atoms with Crippen molar-refractivity contribution in [2.45, 2.75) is 39.3 Å². The molecule has 1 aliphatic rings. The summed E-state index contributed by atoms with van der Waals surface area (Å²) < 4.78 is 40.1. The molecule has 1 saturated heterocycles. The number of aryl methyl sites for hydroxylation is 2. The summed E-state index contributed by atoms with van der Waals surface area (Å²) in [5, 5.41) is 4.23. The fourth-order valence-corrected chi connectivity index (χ4v) is 3.00. The van der Waals surface area contributed by atoms with Crippen LogP contribution < -0.4 is 0 Å². The van der Waals surface area contributed by atoms with Gasteiger partial charge >= 0.3 is 6.18 Å². The number of alkyl halides is 3. The Kier molecular flexibility index (Phi) is 4.18. The number of aromatic nitrogens is 4. The Balaban J connectivity index is 1.74. The van der Waals surface area contributed by atoms with Gasteiger partial charge in [-0.3, -0.25) is 4.79 Å². The Hall–Kier alpha value is -2.19. The van der Waals surface area contributed by atoms with Crippen molar-refractivity contribution in [3.63, 3.8) is 0 Å². The predicted octanol–water partition coefficient (Wildman–Crippen LogP) is 2.08. The molecule has 0 saturated carbocycles. The van der Waals surface area contributed by atoms with E-state index in [9.17, 15) is 18.0 Å². The van der Waals surface area contributed by atoms with Gasteiger partial charge in [0.1, 0.15) is 0 Å². The SMILES string of the molecule is Cc1cc(C)n2nc(CC(=O)N3CCCC(C(F)(F)F)C3)nc2n1. The molecule has 0 N–H and O–H groups in total. The van der Waals surface area contributed by atoms with E-state index in [1.54, 1.807) is 0 Å². The van der Waals surface area contributed by atoms with E-state index in [2.05, 4.69) is 15.1 Å². The van der Waals surface area contributed by atoms with E-state index in [4.69, 9.17) is 0 Å². The highest BCUT2D eigenvalue weighted by Gasteiger charge is 2.42. The lowest BCUT2D eigenvalue weighted by atomic mass is 9.97. The zero-order valence-electron chi connectivity index (χ0n) is 13.5. The predicted molar refractivity (Wildman–Crippen MR) is 79.3 cm³/mol. The number of amides is 1. The molecule has 0 aliphatic carbocycles. The number of carbonyl (C=O) groups excluding carboxylic acids is 1. The Bertz CT molecular complexity index is 770. The molecular formula is C15H18F3N5O. The summed E-state index contributed by atoms with van der Waals surface area (Å²) in [6.07, 6.45) is -3.96. The molecule has 1 fully saturated rings. The van der Waals surface area contributed by atoms with Crippen LogP contribution in [0.15, 0.2) is 6.07 Å². The topological polar surface area (TPSA) is 63.4 Å². The number of likely N-dealkylation sites (tertiary alicyclic amines) is 1. The number of piperidine rings is 1. The first kappa shape index (κ1) is 16.7. The quantitative estimate of drug-likeness (QED) is 0.839. The molecule has 130 valence electrons. The lowest BCUT2D eigenvalue weighted by molar-refractivity contribution is -0.187. The normalized spacial score (nSPS) is 19.0. The van der Waals surface area contributed by atoms with Crippen molar-refractivity contribution < 1.29 is 18.0 Å². The molecule has 3 rings (SSSR count). The van der Waals surface area contributed by atoms with Crippen molar-refractivity contribution in [2.24, 2.45) is 5.92 Å². The van der Waals surface area contributed by atoms with Gasteiger partial charge in [0, 0.05) is 24.5 Å². The van der Waals surface area contributed by atoms with Crippen LogP contribution in [0.4, 0.5) is 13.2 Å². The van der Waals surface area contributed by atoms with E-state index in [1.807, 2.05) is 19.9 Å². The van der Waals surface area contributed by atoms with E-state index >= 15 is 0 Å². The summed E-state index contributed by atoms with van der Waals surface area (Å²) >= 11 is 0. The standard InChI is InChI=1S/C15H18F3N5O/c1-9-6-10(2)23-14(19-9)20-12(21-23)7-13(24)22-5-3-4-11(8-22)15(16,17)18/h6,11H,3-5,7-8H2,1-2H3. The lowest BCUT2D eigenvalue weighted by Crippen LogP contribution is -2.45. The van der Waals surface area contributed by atoms with E-state index in [-0.39, 0.29) is 31.1 Å². The van der Waals surface area contributed by atoms with E-state index in [0.717, 1.165) is 11.4 Å². The number of nitrogens with zero attached hydrogens (tertiary/aromatic N) is 5. The van der Waals surface area contributed by atoms with Crippen molar-refractivity contribution in [2.75, 3.05) is 13.1 Å². The Morgan fingerprint density at radius 1 is 1.33 bits per heavy atom. The van der Waals surface area contributed by atoms with Gasteiger partial charge < -0.3 is 4.90 Å². The molecule has 1 atom stereocenters. The second-order valence-corrected chi connectivity index (χ2v) is 6.18. The van der Waals surface area contributed by atoms with Gasteiger partial charge in [-0.05, 0) is 32.8 Å². The van der Waals surface area contributed by atoms with Crippen LogP contribution in [0.3, 0.4) is 0 Å². The molecule has 1 amide bonds. The minimum absolute atomic E-state index is 0.0717. The highest BCUT2D eigenvalue weighted by Crippen LogP contribution is 2.33. The lowest BCUT2D eigenvalue weighted by Gasteiger charge is -2.33. The van der Waals surface area contributed by atoms with Crippen LogP contribution in [0.25, 0.3) is 5.78 Å². The minimum Gasteiger partial charge on any atom is -0.342 e. The molecule has 2 aromatic rings. The van der Waals surface area contributed by atoms with Gasteiger partial charge in [0.15, 0.2) is 5.82 Å². The number of fused-ring (bicyclic) bond motifs is 1. The fraction of sp³-hybridized carbons (Fsp3) is 0.600. The van der Waals surface area contributed by atoms with Crippen LogP contribution in [0.2, 0.25) is 0 Å². The summed E-state index contributed by atoms with van der Waals surface area (Å²) in [5.41, 5.74) is 1.62. The van der Waals surface area contributed by atoms with Gasteiger partial charge in [0.25, 0.3) is 5.78 Å². The first-order valence-corrected chi connectivity index (χ1v) is 7.78. The first-order chi connectivity index (χ1) is 11.2. The molecule has 0 radical (unpaired) electrons. The number of hydrogen-bond acceptors (Lipinski definition) is 4. The van der Waals surface area contributed by atoms with E-state index in [0.29, 0.717) is 18.7 Å². The smallest absolute Gasteiger partial charge is 0.342 e. The van der Waals surface area contributed by atoms with Crippen molar-refractivity contribution in [3.8, 4) is 0 Å². The molecule has 6 nitrogen and oxygen atoms in total. The largest absolute Gasteiger partial charge is 0.393 e. The molecule has 0 bridgehead atoms. The highest BCUT2D eigenvalue weighted by molar-refractivity contribution is 5.78. The number of hydrogen-bond donors (Lipinski definition) is 0. The third kappa shape index (κ3) is 3.34. The molecule has 9 heteroatoms. The maximum absolute atomic E-state index is 12.9. The second-order valence-electron chi connectivity index (χ2n) is 6.18. The third-order valence-electron chi connectivity index (χ3n) is 4.21. The minimum atomic E-state index is -4.27. The Morgan fingerprint density at radius 2 is 2.08 bits per heavy atom. The van der Waals surface area contributed by atoms with Crippen LogP contribution in [0.1, 0.15) is 30.1 Å². The van der Waals surface area contributed by atoms with E-state index in [1.165, 1.54) is 9.42 Å². The zero-order valence-corrected chi connectivity index (χ0v) is 13.5. The molecular weight excluding hydrogens is 323 g/mol. The number of carbonyl (C=O) groups is 1. The maximum atomic E-state index is 12.9. The van der Waals surface area contributed by atoms with E-state index < -0.39 is 12.1 Å². The van der Waals surface area contributed by atoms with Gasteiger partial charge in [-0.2, -0.15) is 18.2 Å². The summed E-state index contributed by atoms with van der Waals surface area (Å²) in [4.78, 5) is 22.0. The fourth-order valence-electron chi connectivity index (χ4n) is 3.00. The zero-order chi connectivity index (χ0) is 17.5. The van der Waals surface area contributed by atoms with Gasteiger partial charge in [-0.15, -0.1) is 5.10 Å². The van der Waals surface area contributed by atoms with Crippen molar-refractivity contribution in [1.29, 1.82) is 0 Å². The summed E-state index contributed by atoms with van der Waals surface area (Å²) in [5.74, 6) is -1.16. The van der Waals surface area contributed by atoms with Crippen molar-refractivity contribution in [3.05, 3.63) is 23.3 Å². The highest BCUT2D eigenvalue weighted by atomic mass is 19.4. The van der Waals surface area contributed by atoms with Crippen LogP contribution in [-0.2, 0) is 11.2 Å².